The normalized spacial score (nSPS) is 17.9. The van der Waals surface area contributed by atoms with Gasteiger partial charge in [-0.15, -0.1) is 0 Å². The van der Waals surface area contributed by atoms with E-state index >= 15 is 0 Å². The molecule has 2 saturated heterocycles. The Hall–Kier alpha value is -4.22. The summed E-state index contributed by atoms with van der Waals surface area (Å²) in [6, 6.07) is 6.51. The third-order valence-corrected chi connectivity index (χ3v) is 5.33. The number of benzene rings is 1. The average molecular weight is 456 g/mol. The van der Waals surface area contributed by atoms with Crippen molar-refractivity contribution in [2.24, 2.45) is 0 Å². The fraction of sp³-hybridized carbons (Fsp3) is 0.238. The number of nitrogens with one attached hydrogen (secondary N) is 2. The molecule has 0 spiro atoms. The lowest BCUT2D eigenvalue weighted by Crippen LogP contribution is -2.28. The summed E-state index contributed by atoms with van der Waals surface area (Å²) in [6.07, 6.45) is 1.45. The van der Waals surface area contributed by atoms with Crippen molar-refractivity contribution in [2.45, 2.75) is 6.10 Å². The molecule has 0 saturated carbocycles. The molecule has 3 aromatic rings. The number of carbonyl (C=O) groups excluding carboxylic acids is 2. The highest BCUT2D eigenvalue weighted by Gasteiger charge is 2.33. The van der Waals surface area contributed by atoms with Gasteiger partial charge in [0.05, 0.1) is 24.3 Å². The molecular formula is C21H18F2N6O4. The van der Waals surface area contributed by atoms with Crippen LogP contribution in [0.4, 0.5) is 35.7 Å². The molecule has 1 atom stereocenters. The lowest BCUT2D eigenvalue weighted by Gasteiger charge is -2.16. The molecule has 12 heteroatoms. The molecule has 4 heterocycles. The second-order valence-electron chi connectivity index (χ2n) is 7.46. The largest absolute Gasteiger partial charge is 0.442 e. The van der Waals surface area contributed by atoms with E-state index in [1.807, 2.05) is 0 Å². The van der Waals surface area contributed by atoms with Gasteiger partial charge in [0.15, 0.2) is 5.82 Å². The highest BCUT2D eigenvalue weighted by molar-refractivity contribution is 5.93. The first-order valence-electron chi connectivity index (χ1n) is 10.1. The van der Waals surface area contributed by atoms with Gasteiger partial charge < -0.3 is 19.9 Å². The minimum absolute atomic E-state index is 0.0426. The lowest BCUT2D eigenvalue weighted by molar-refractivity contribution is 0.147. The summed E-state index contributed by atoms with van der Waals surface area (Å²) in [6.45, 7) is 1.33. The summed E-state index contributed by atoms with van der Waals surface area (Å²) >= 11 is 0. The zero-order valence-corrected chi connectivity index (χ0v) is 17.1. The molecule has 1 aromatic carbocycles. The van der Waals surface area contributed by atoms with Crippen molar-refractivity contribution in [3.05, 3.63) is 54.4 Å². The third kappa shape index (κ3) is 4.02. The molecule has 0 aliphatic carbocycles. The first kappa shape index (κ1) is 20.7. The molecule has 0 bridgehead atoms. The Labute approximate surface area is 186 Å². The number of halogens is 2. The summed E-state index contributed by atoms with van der Waals surface area (Å²) in [5, 5.41) is 9.31. The van der Waals surface area contributed by atoms with Crippen LogP contribution in [0.3, 0.4) is 0 Å². The zero-order valence-electron chi connectivity index (χ0n) is 17.1. The van der Waals surface area contributed by atoms with E-state index in [9.17, 15) is 18.4 Å². The van der Waals surface area contributed by atoms with Gasteiger partial charge in [-0.2, -0.15) is 0 Å². The van der Waals surface area contributed by atoms with Gasteiger partial charge in [-0.3, -0.25) is 9.80 Å². The highest BCUT2D eigenvalue weighted by Crippen LogP contribution is 2.32. The van der Waals surface area contributed by atoms with Crippen LogP contribution in [-0.2, 0) is 4.74 Å². The van der Waals surface area contributed by atoms with Crippen LogP contribution in [0.5, 0.6) is 0 Å². The number of hydrogen-bond donors (Lipinski definition) is 2. The van der Waals surface area contributed by atoms with Crippen LogP contribution < -0.4 is 20.4 Å². The van der Waals surface area contributed by atoms with Gasteiger partial charge in [0.1, 0.15) is 29.8 Å². The van der Waals surface area contributed by atoms with Crippen molar-refractivity contribution in [3.63, 3.8) is 0 Å². The van der Waals surface area contributed by atoms with E-state index in [4.69, 9.17) is 9.26 Å². The Kier molecular flexibility index (Phi) is 5.24. The summed E-state index contributed by atoms with van der Waals surface area (Å²) < 4.78 is 39.8. The van der Waals surface area contributed by atoms with E-state index in [-0.39, 0.29) is 35.9 Å². The number of anilines is 3. The molecular weight excluding hydrogens is 438 g/mol. The Balaban J connectivity index is 1.32. The SMILES string of the molecule is O=C1O[C@@H](CNc2ccon2)CN1c1cc(F)c(-c2ccc(N3CCNC3=O)nc2)c(F)c1. The average Bonchev–Trinajstić information content (AvgIpc) is 3.54. The fourth-order valence-electron chi connectivity index (χ4n) is 3.74. The quantitative estimate of drug-likeness (QED) is 0.586. The minimum atomic E-state index is -0.851. The van der Waals surface area contributed by atoms with Crippen molar-refractivity contribution < 1.29 is 27.6 Å². The van der Waals surface area contributed by atoms with E-state index in [0.717, 1.165) is 12.1 Å². The van der Waals surface area contributed by atoms with E-state index in [2.05, 4.69) is 20.8 Å². The van der Waals surface area contributed by atoms with Crippen molar-refractivity contribution in [1.29, 1.82) is 0 Å². The molecule has 3 amide bonds. The van der Waals surface area contributed by atoms with Crippen LogP contribution in [0.25, 0.3) is 11.1 Å². The second-order valence-corrected chi connectivity index (χ2v) is 7.46. The van der Waals surface area contributed by atoms with Gasteiger partial charge in [0.25, 0.3) is 0 Å². The van der Waals surface area contributed by atoms with Crippen LogP contribution in [0, 0.1) is 11.6 Å². The Morgan fingerprint density at radius 3 is 2.61 bits per heavy atom. The fourth-order valence-corrected chi connectivity index (χ4v) is 3.74. The Morgan fingerprint density at radius 2 is 1.97 bits per heavy atom. The lowest BCUT2D eigenvalue weighted by atomic mass is 10.1. The number of ether oxygens (including phenoxy) is 1. The Bertz CT molecular complexity index is 1160. The van der Waals surface area contributed by atoms with E-state index in [1.165, 1.54) is 34.4 Å². The number of hydrogen-bond acceptors (Lipinski definition) is 7. The van der Waals surface area contributed by atoms with Crippen LogP contribution in [0.2, 0.25) is 0 Å². The van der Waals surface area contributed by atoms with Crippen molar-refractivity contribution >= 4 is 29.4 Å². The first-order valence-corrected chi connectivity index (χ1v) is 10.1. The summed E-state index contributed by atoms with van der Waals surface area (Å²) in [7, 11) is 0. The number of carbonyl (C=O) groups is 2. The maximum atomic E-state index is 14.9. The van der Waals surface area contributed by atoms with Gasteiger partial charge in [0.2, 0.25) is 0 Å². The number of nitrogens with zero attached hydrogens (tertiary/aromatic N) is 4. The van der Waals surface area contributed by atoms with E-state index < -0.39 is 23.8 Å². The molecule has 2 aliphatic heterocycles. The molecule has 5 rings (SSSR count). The minimum Gasteiger partial charge on any atom is -0.442 e. The topological polar surface area (TPSA) is 113 Å². The maximum Gasteiger partial charge on any atom is 0.414 e. The van der Waals surface area contributed by atoms with Gasteiger partial charge in [-0.1, -0.05) is 5.16 Å². The van der Waals surface area contributed by atoms with Crippen molar-refractivity contribution in [3.8, 4) is 11.1 Å². The summed E-state index contributed by atoms with van der Waals surface area (Å²) in [4.78, 5) is 30.8. The van der Waals surface area contributed by atoms with Crippen LogP contribution in [0.15, 0.2) is 47.3 Å². The number of amides is 3. The van der Waals surface area contributed by atoms with Gasteiger partial charge in [-0.25, -0.2) is 23.4 Å². The van der Waals surface area contributed by atoms with Crippen molar-refractivity contribution in [2.75, 3.05) is 41.3 Å². The second kappa shape index (κ2) is 8.37. The molecule has 0 unspecified atom stereocenters. The zero-order chi connectivity index (χ0) is 22.9. The number of urea groups is 1. The molecule has 170 valence electrons. The molecule has 0 radical (unpaired) electrons. The monoisotopic (exact) mass is 456 g/mol. The Morgan fingerprint density at radius 1 is 1.15 bits per heavy atom. The predicted molar refractivity (Wildman–Crippen MR) is 113 cm³/mol. The predicted octanol–water partition coefficient (Wildman–Crippen LogP) is 2.98. The molecule has 2 aliphatic rings. The van der Waals surface area contributed by atoms with E-state index in [1.54, 1.807) is 6.07 Å². The standard InChI is InChI=1S/C21H18F2N6O4/c22-15-7-13(29-11-14(33-21(29)31)10-25-17-3-6-32-27-17)8-16(23)19(15)12-1-2-18(26-9-12)28-5-4-24-20(28)30/h1-3,6-9,14H,4-5,10-11H2,(H,24,30)(H,25,27)/t14-/m0/s1. The maximum absolute atomic E-state index is 14.9. The number of cyclic esters (lactones) is 1. The molecule has 2 N–H and O–H groups in total. The molecule has 10 nitrogen and oxygen atoms in total. The summed E-state index contributed by atoms with van der Waals surface area (Å²) in [5.41, 5.74) is -0.0277. The van der Waals surface area contributed by atoms with Crippen molar-refractivity contribution in [1.82, 2.24) is 15.5 Å². The first-order chi connectivity index (χ1) is 16.0. The third-order valence-electron chi connectivity index (χ3n) is 5.33. The van der Waals surface area contributed by atoms with Crippen LogP contribution >= 0.6 is 0 Å². The molecule has 33 heavy (non-hydrogen) atoms. The summed E-state index contributed by atoms with van der Waals surface area (Å²) in [5.74, 6) is -0.835. The number of pyridine rings is 1. The van der Waals surface area contributed by atoms with E-state index in [0.29, 0.717) is 24.7 Å². The molecule has 2 aromatic heterocycles. The van der Waals surface area contributed by atoms with Gasteiger partial charge in [-0.05, 0) is 24.3 Å². The van der Waals surface area contributed by atoms with Gasteiger partial charge in [0, 0.05) is 30.9 Å². The van der Waals surface area contributed by atoms with Crippen LogP contribution in [0.1, 0.15) is 0 Å². The number of aromatic nitrogens is 2. The van der Waals surface area contributed by atoms with Crippen LogP contribution in [-0.4, -0.2) is 54.5 Å². The number of rotatable bonds is 6. The molecule has 2 fully saturated rings. The smallest absolute Gasteiger partial charge is 0.414 e. The highest BCUT2D eigenvalue weighted by atomic mass is 19.1. The van der Waals surface area contributed by atoms with Gasteiger partial charge >= 0.3 is 12.1 Å².